The Kier molecular flexibility index (Phi) is 8.31. The fourth-order valence-corrected chi connectivity index (χ4v) is 5.57. The number of imide groups is 1. The van der Waals surface area contributed by atoms with Gasteiger partial charge in [-0.25, -0.2) is 0 Å². The second-order valence-electron chi connectivity index (χ2n) is 7.78. The summed E-state index contributed by atoms with van der Waals surface area (Å²) in [6.45, 7) is 2.44. The van der Waals surface area contributed by atoms with Crippen molar-refractivity contribution in [3.63, 3.8) is 0 Å². The zero-order valence-corrected chi connectivity index (χ0v) is 23.3. The molecule has 3 aromatic carbocycles. The Hall–Kier alpha value is -2.20. The lowest BCUT2D eigenvalue weighted by Gasteiger charge is -2.15. The molecule has 1 aliphatic heterocycles. The van der Waals surface area contributed by atoms with E-state index in [1.165, 1.54) is 5.56 Å². The van der Waals surface area contributed by atoms with Crippen LogP contribution in [0.4, 0.5) is 4.79 Å². The van der Waals surface area contributed by atoms with Gasteiger partial charge in [-0.3, -0.25) is 14.5 Å². The molecule has 3 aromatic rings. The molecular weight excluding hydrogens is 620 g/mol. The monoisotopic (exact) mass is 639 g/mol. The molecule has 0 bridgehead atoms. The molecule has 1 aliphatic rings. The maximum absolute atomic E-state index is 13.0. The maximum atomic E-state index is 13.0. The van der Waals surface area contributed by atoms with E-state index in [4.69, 9.17) is 32.7 Å². The van der Waals surface area contributed by atoms with Gasteiger partial charge >= 0.3 is 0 Å². The molecule has 0 saturated carbocycles. The number of aryl methyl sites for hydroxylation is 1. The minimum absolute atomic E-state index is 0.00710. The maximum Gasteiger partial charge on any atom is 0.293 e. The average Bonchev–Trinajstić information content (AvgIpc) is 3.08. The summed E-state index contributed by atoms with van der Waals surface area (Å²) in [6.07, 6.45) is 1.67. The second-order valence-corrected chi connectivity index (χ2v) is 10.7. The Morgan fingerprint density at radius 1 is 1.06 bits per heavy atom. The first-order valence-electron chi connectivity index (χ1n) is 10.5. The molecule has 0 unspecified atom stereocenters. The third-order valence-corrected chi connectivity index (χ3v) is 7.72. The Morgan fingerprint density at radius 3 is 2.40 bits per heavy atom. The molecule has 9 heteroatoms. The number of carbonyl (C=O) groups is 2. The Labute approximate surface area is 231 Å². The van der Waals surface area contributed by atoms with E-state index in [2.05, 4.69) is 22.6 Å². The van der Waals surface area contributed by atoms with Crippen molar-refractivity contribution in [1.29, 1.82) is 0 Å². The molecule has 1 heterocycles. The Balaban J connectivity index is 1.54. The molecule has 0 aliphatic carbocycles. The van der Waals surface area contributed by atoms with Crippen LogP contribution in [0.1, 0.15) is 22.3 Å². The lowest BCUT2D eigenvalue weighted by molar-refractivity contribution is -0.123. The van der Waals surface area contributed by atoms with Crippen molar-refractivity contribution < 1.29 is 19.1 Å². The van der Waals surface area contributed by atoms with Crippen molar-refractivity contribution in [2.75, 3.05) is 7.11 Å². The van der Waals surface area contributed by atoms with Crippen molar-refractivity contribution in [3.05, 3.63) is 95.4 Å². The van der Waals surface area contributed by atoms with Crippen molar-refractivity contribution in [2.45, 2.75) is 20.1 Å². The predicted octanol–water partition coefficient (Wildman–Crippen LogP) is 7.73. The molecule has 1 fully saturated rings. The van der Waals surface area contributed by atoms with E-state index in [1.54, 1.807) is 37.5 Å². The lowest BCUT2D eigenvalue weighted by Crippen LogP contribution is -2.27. The number of nitrogens with zero attached hydrogens (tertiary/aromatic N) is 1. The number of rotatable bonds is 7. The van der Waals surface area contributed by atoms with E-state index >= 15 is 0 Å². The molecule has 0 radical (unpaired) electrons. The minimum atomic E-state index is -0.398. The summed E-state index contributed by atoms with van der Waals surface area (Å²) < 4.78 is 12.4. The number of amides is 2. The van der Waals surface area contributed by atoms with Crippen molar-refractivity contribution in [3.8, 4) is 11.5 Å². The SMILES string of the molecule is COc1cc(/C=C2\SC(=O)N(Cc3c(Cl)cccc3Cl)C2=O)cc(I)c1OCc1ccc(C)cc1. The van der Waals surface area contributed by atoms with Gasteiger partial charge in [0.15, 0.2) is 11.5 Å². The molecule has 2 amide bonds. The van der Waals surface area contributed by atoms with Crippen LogP contribution in [0.2, 0.25) is 10.0 Å². The molecule has 4 rings (SSSR count). The highest BCUT2D eigenvalue weighted by atomic mass is 127. The van der Waals surface area contributed by atoms with Crippen molar-refractivity contribution in [2.24, 2.45) is 0 Å². The minimum Gasteiger partial charge on any atom is -0.493 e. The molecule has 5 nitrogen and oxygen atoms in total. The summed E-state index contributed by atoms with van der Waals surface area (Å²) in [5.41, 5.74) is 3.48. The Bertz CT molecular complexity index is 1310. The van der Waals surface area contributed by atoms with E-state index in [0.29, 0.717) is 38.6 Å². The summed E-state index contributed by atoms with van der Waals surface area (Å²) in [5, 5.41) is 0.430. The number of ether oxygens (including phenoxy) is 2. The average molecular weight is 640 g/mol. The van der Waals surface area contributed by atoms with Crippen LogP contribution in [-0.4, -0.2) is 23.2 Å². The fourth-order valence-electron chi connectivity index (χ4n) is 3.43. The number of halogens is 3. The molecule has 0 atom stereocenters. The summed E-state index contributed by atoms with van der Waals surface area (Å²) in [7, 11) is 1.56. The van der Waals surface area contributed by atoms with Gasteiger partial charge in [-0.15, -0.1) is 0 Å². The number of hydrogen-bond acceptors (Lipinski definition) is 5. The molecule has 35 heavy (non-hydrogen) atoms. The summed E-state index contributed by atoms with van der Waals surface area (Å²) in [4.78, 5) is 27.1. The van der Waals surface area contributed by atoms with Gasteiger partial charge in [0.05, 0.1) is 22.1 Å². The van der Waals surface area contributed by atoms with Crippen molar-refractivity contribution >= 4 is 74.8 Å². The van der Waals surface area contributed by atoms with E-state index in [9.17, 15) is 9.59 Å². The molecule has 180 valence electrons. The zero-order chi connectivity index (χ0) is 25.1. The van der Waals surface area contributed by atoms with Gasteiger partial charge in [0.25, 0.3) is 11.1 Å². The van der Waals surface area contributed by atoms with Gasteiger partial charge in [0.1, 0.15) is 6.61 Å². The van der Waals surface area contributed by atoms with Gasteiger partial charge < -0.3 is 9.47 Å². The van der Waals surface area contributed by atoms with E-state index in [1.807, 2.05) is 37.3 Å². The summed E-state index contributed by atoms with van der Waals surface area (Å²) in [6, 6.07) is 16.9. The third-order valence-electron chi connectivity index (χ3n) is 5.30. The van der Waals surface area contributed by atoms with Gasteiger partial charge in [0.2, 0.25) is 0 Å². The lowest BCUT2D eigenvalue weighted by atomic mass is 10.1. The standard InChI is InChI=1S/C26H20Cl2INO4S/c1-15-6-8-16(9-7-15)14-34-24-21(29)10-17(11-22(24)33-2)12-23-25(31)30(26(32)35-23)13-18-19(27)4-3-5-20(18)28/h3-12H,13-14H2,1-2H3/b23-12-. The number of hydrogen-bond donors (Lipinski definition) is 0. The third kappa shape index (κ3) is 5.97. The van der Waals surface area contributed by atoms with Gasteiger partial charge in [0, 0.05) is 15.6 Å². The predicted molar refractivity (Wildman–Crippen MR) is 149 cm³/mol. The summed E-state index contributed by atoms with van der Waals surface area (Å²) in [5.74, 6) is 0.759. The number of methoxy groups -OCH3 is 1. The normalized spacial score (nSPS) is 14.7. The van der Waals surface area contributed by atoms with E-state index in [0.717, 1.165) is 31.4 Å². The van der Waals surface area contributed by atoms with Crippen LogP contribution in [0.3, 0.4) is 0 Å². The van der Waals surface area contributed by atoms with Crippen molar-refractivity contribution in [1.82, 2.24) is 4.90 Å². The summed E-state index contributed by atoms with van der Waals surface area (Å²) >= 11 is 15.5. The second kappa shape index (κ2) is 11.2. The first-order valence-corrected chi connectivity index (χ1v) is 13.2. The van der Waals surface area contributed by atoms with E-state index in [-0.39, 0.29) is 11.8 Å². The largest absolute Gasteiger partial charge is 0.493 e. The Morgan fingerprint density at radius 2 is 1.74 bits per heavy atom. The number of carbonyl (C=O) groups excluding carboxylic acids is 2. The van der Waals surface area contributed by atoms with Crippen LogP contribution in [0.15, 0.2) is 59.5 Å². The van der Waals surface area contributed by atoms with Gasteiger partial charge in [-0.05, 0) is 82.7 Å². The molecular formula is C26H20Cl2INO4S. The van der Waals surface area contributed by atoms with Crippen LogP contribution in [0.5, 0.6) is 11.5 Å². The number of thioether (sulfide) groups is 1. The zero-order valence-electron chi connectivity index (χ0n) is 18.8. The van der Waals surface area contributed by atoms with Crippen LogP contribution in [0.25, 0.3) is 6.08 Å². The smallest absolute Gasteiger partial charge is 0.293 e. The first-order chi connectivity index (χ1) is 16.8. The van der Waals surface area contributed by atoms with Gasteiger partial charge in [-0.2, -0.15) is 0 Å². The van der Waals surface area contributed by atoms with Crippen LogP contribution in [-0.2, 0) is 17.9 Å². The topological polar surface area (TPSA) is 55.8 Å². The van der Waals surface area contributed by atoms with Crippen LogP contribution in [0, 0.1) is 10.5 Å². The van der Waals surface area contributed by atoms with Gasteiger partial charge in [-0.1, -0.05) is 59.1 Å². The molecule has 0 N–H and O–H groups in total. The quantitative estimate of drug-likeness (QED) is 0.196. The molecule has 1 saturated heterocycles. The highest BCUT2D eigenvalue weighted by Crippen LogP contribution is 2.39. The van der Waals surface area contributed by atoms with Crippen LogP contribution >= 0.6 is 57.6 Å². The first kappa shape index (κ1) is 25.9. The van der Waals surface area contributed by atoms with E-state index < -0.39 is 5.91 Å². The molecule has 0 aromatic heterocycles. The fraction of sp³-hybridized carbons (Fsp3) is 0.154. The highest BCUT2D eigenvalue weighted by molar-refractivity contribution is 14.1. The number of benzene rings is 3. The van der Waals surface area contributed by atoms with Crippen LogP contribution < -0.4 is 9.47 Å². The molecule has 0 spiro atoms. The highest BCUT2D eigenvalue weighted by Gasteiger charge is 2.35.